The molecule has 4 aromatic rings. The Morgan fingerprint density at radius 2 is 1.29 bits per heavy atom. The van der Waals surface area contributed by atoms with E-state index < -0.39 is 11.9 Å². The fourth-order valence-electron chi connectivity index (χ4n) is 3.28. The number of hydrogen-bond acceptors (Lipinski definition) is 2. The number of nitrogens with one attached hydrogen (secondary N) is 1. The van der Waals surface area contributed by atoms with Gasteiger partial charge in [0.25, 0.3) is 5.91 Å². The van der Waals surface area contributed by atoms with Gasteiger partial charge in [-0.2, -0.15) is 0 Å². The summed E-state index contributed by atoms with van der Waals surface area (Å²) in [7, 11) is 0. The molecule has 0 spiro atoms. The van der Waals surface area contributed by atoms with E-state index in [2.05, 4.69) is 11.4 Å². The second kappa shape index (κ2) is 7.37. The molecular weight excluding hydrogens is 350 g/mol. The average molecular weight is 367 g/mol. The zero-order valence-electron chi connectivity index (χ0n) is 14.9. The number of fused-ring (bicyclic) bond motifs is 2. The monoisotopic (exact) mass is 367 g/mol. The number of amides is 1. The molecule has 4 heteroatoms. The number of benzene rings is 4. The predicted molar refractivity (Wildman–Crippen MR) is 111 cm³/mol. The van der Waals surface area contributed by atoms with Crippen LogP contribution in [0, 0.1) is 0 Å². The number of aliphatic carboxylic acids is 1. The molecule has 0 fully saturated rings. The van der Waals surface area contributed by atoms with Crippen LogP contribution in [0.15, 0.2) is 90.6 Å². The smallest absolute Gasteiger partial charge is 0.352 e. The largest absolute Gasteiger partial charge is 0.477 e. The van der Waals surface area contributed by atoms with Crippen LogP contribution in [-0.2, 0) is 4.79 Å². The molecule has 1 amide bonds. The van der Waals surface area contributed by atoms with Crippen molar-refractivity contribution in [3.05, 3.63) is 102 Å². The summed E-state index contributed by atoms with van der Waals surface area (Å²) in [6.45, 7) is 0. The van der Waals surface area contributed by atoms with Gasteiger partial charge in [-0.3, -0.25) is 4.79 Å². The quantitative estimate of drug-likeness (QED) is 0.400. The first kappa shape index (κ1) is 17.5. The van der Waals surface area contributed by atoms with Crippen LogP contribution in [0.25, 0.3) is 27.6 Å². The van der Waals surface area contributed by atoms with Crippen molar-refractivity contribution in [2.75, 3.05) is 0 Å². The van der Waals surface area contributed by atoms with Crippen LogP contribution in [0.5, 0.6) is 0 Å². The molecule has 4 rings (SSSR count). The standard InChI is InChI=1S/C24H17NO3/c26-23(16-8-2-1-3-9-16)25-22(24(27)28)15-21-19-12-6-4-10-17(19)14-18-11-5-7-13-20(18)21/h1-15H,(H,25,26)(H,27,28). The van der Waals surface area contributed by atoms with Crippen molar-refractivity contribution >= 4 is 39.5 Å². The topological polar surface area (TPSA) is 66.4 Å². The first-order valence-corrected chi connectivity index (χ1v) is 8.85. The van der Waals surface area contributed by atoms with Crippen molar-refractivity contribution < 1.29 is 14.7 Å². The summed E-state index contributed by atoms with van der Waals surface area (Å²) in [5, 5.41) is 16.1. The van der Waals surface area contributed by atoms with Crippen LogP contribution in [0.2, 0.25) is 0 Å². The number of carbonyl (C=O) groups is 2. The Balaban J connectivity index is 1.87. The molecule has 4 nitrogen and oxygen atoms in total. The van der Waals surface area contributed by atoms with E-state index in [9.17, 15) is 14.7 Å². The Kier molecular flexibility index (Phi) is 4.60. The summed E-state index contributed by atoms with van der Waals surface area (Å²) in [5.74, 6) is -1.65. The summed E-state index contributed by atoms with van der Waals surface area (Å²) in [6.07, 6.45) is 1.54. The fourth-order valence-corrected chi connectivity index (χ4v) is 3.28. The SMILES string of the molecule is O=C(O)C(=Cc1c2ccccc2cc2ccccc12)NC(=O)c1ccccc1. The van der Waals surface area contributed by atoms with Gasteiger partial charge in [0.15, 0.2) is 0 Å². The highest BCUT2D eigenvalue weighted by atomic mass is 16.4. The third-order valence-electron chi connectivity index (χ3n) is 4.62. The minimum absolute atomic E-state index is 0.171. The molecule has 2 N–H and O–H groups in total. The summed E-state index contributed by atoms with van der Waals surface area (Å²) < 4.78 is 0. The lowest BCUT2D eigenvalue weighted by molar-refractivity contribution is -0.132. The van der Waals surface area contributed by atoms with E-state index in [-0.39, 0.29) is 5.70 Å². The van der Waals surface area contributed by atoms with Crippen molar-refractivity contribution in [3.63, 3.8) is 0 Å². The van der Waals surface area contributed by atoms with Gasteiger partial charge in [0, 0.05) is 5.56 Å². The predicted octanol–water partition coefficient (Wildman–Crippen LogP) is 4.85. The molecule has 28 heavy (non-hydrogen) atoms. The molecule has 0 saturated heterocycles. The number of hydrogen-bond donors (Lipinski definition) is 2. The molecule has 0 saturated carbocycles. The number of carboxylic acids is 1. The Morgan fingerprint density at radius 1 is 0.750 bits per heavy atom. The molecule has 0 aromatic heterocycles. The summed E-state index contributed by atoms with van der Waals surface area (Å²) in [4.78, 5) is 24.3. The highest BCUT2D eigenvalue weighted by molar-refractivity contribution is 6.10. The molecule has 0 atom stereocenters. The van der Waals surface area contributed by atoms with Crippen molar-refractivity contribution in [2.45, 2.75) is 0 Å². The van der Waals surface area contributed by atoms with Gasteiger partial charge in [0.05, 0.1) is 0 Å². The third kappa shape index (κ3) is 3.35. The van der Waals surface area contributed by atoms with Gasteiger partial charge in [-0.05, 0) is 51.4 Å². The molecule has 136 valence electrons. The molecule has 0 aliphatic rings. The van der Waals surface area contributed by atoms with Gasteiger partial charge >= 0.3 is 5.97 Å². The van der Waals surface area contributed by atoms with Gasteiger partial charge in [-0.25, -0.2) is 4.79 Å². The average Bonchev–Trinajstić information content (AvgIpc) is 2.73. The van der Waals surface area contributed by atoms with Gasteiger partial charge in [0.2, 0.25) is 0 Å². The molecule has 0 unspecified atom stereocenters. The fraction of sp³-hybridized carbons (Fsp3) is 0. The van der Waals surface area contributed by atoms with Gasteiger partial charge < -0.3 is 10.4 Å². The molecular formula is C24H17NO3. The molecule has 0 aliphatic carbocycles. The lowest BCUT2D eigenvalue weighted by Gasteiger charge is -2.11. The Bertz CT molecular complexity index is 1170. The first-order chi connectivity index (χ1) is 13.6. The summed E-state index contributed by atoms with van der Waals surface area (Å²) in [5.41, 5.74) is 0.993. The van der Waals surface area contributed by atoms with Crippen molar-refractivity contribution in [2.24, 2.45) is 0 Å². The molecule has 0 bridgehead atoms. The van der Waals surface area contributed by atoms with E-state index in [1.165, 1.54) is 6.08 Å². The minimum atomic E-state index is -1.19. The molecule has 0 aliphatic heterocycles. The normalized spacial score (nSPS) is 11.5. The van der Waals surface area contributed by atoms with E-state index in [1.54, 1.807) is 30.3 Å². The molecule has 0 radical (unpaired) electrons. The van der Waals surface area contributed by atoms with Crippen LogP contribution in [-0.4, -0.2) is 17.0 Å². The highest BCUT2D eigenvalue weighted by Crippen LogP contribution is 2.30. The maximum Gasteiger partial charge on any atom is 0.352 e. The lowest BCUT2D eigenvalue weighted by atomic mass is 9.96. The lowest BCUT2D eigenvalue weighted by Crippen LogP contribution is -2.27. The summed E-state index contributed by atoms with van der Waals surface area (Å²) >= 11 is 0. The van der Waals surface area contributed by atoms with Crippen molar-refractivity contribution in [1.82, 2.24) is 5.32 Å². The second-order valence-electron chi connectivity index (χ2n) is 6.42. The third-order valence-corrected chi connectivity index (χ3v) is 4.62. The van der Waals surface area contributed by atoms with Crippen LogP contribution >= 0.6 is 0 Å². The Hall–Kier alpha value is -3.92. The minimum Gasteiger partial charge on any atom is -0.477 e. The zero-order valence-corrected chi connectivity index (χ0v) is 14.9. The van der Waals surface area contributed by atoms with E-state index in [0.717, 1.165) is 27.1 Å². The van der Waals surface area contributed by atoms with Crippen molar-refractivity contribution in [1.29, 1.82) is 0 Å². The van der Waals surface area contributed by atoms with Gasteiger partial charge in [-0.15, -0.1) is 0 Å². The van der Waals surface area contributed by atoms with E-state index in [4.69, 9.17) is 0 Å². The number of rotatable bonds is 4. The van der Waals surface area contributed by atoms with Crippen LogP contribution < -0.4 is 5.32 Å². The maximum atomic E-state index is 12.5. The zero-order chi connectivity index (χ0) is 19.5. The number of carbonyl (C=O) groups excluding carboxylic acids is 1. The van der Waals surface area contributed by atoms with Crippen LogP contribution in [0.1, 0.15) is 15.9 Å². The van der Waals surface area contributed by atoms with E-state index in [1.807, 2.05) is 48.5 Å². The van der Waals surface area contributed by atoms with Crippen LogP contribution in [0.3, 0.4) is 0 Å². The second-order valence-corrected chi connectivity index (χ2v) is 6.42. The van der Waals surface area contributed by atoms with Gasteiger partial charge in [0.1, 0.15) is 5.70 Å². The number of carboxylic acid groups (broad SMARTS) is 1. The van der Waals surface area contributed by atoms with E-state index >= 15 is 0 Å². The Labute approximate surface area is 161 Å². The molecule has 0 heterocycles. The highest BCUT2D eigenvalue weighted by Gasteiger charge is 2.15. The first-order valence-electron chi connectivity index (χ1n) is 8.85. The Morgan fingerprint density at radius 3 is 1.86 bits per heavy atom. The van der Waals surface area contributed by atoms with Crippen LogP contribution in [0.4, 0.5) is 0 Å². The molecule has 4 aromatic carbocycles. The van der Waals surface area contributed by atoms with Crippen molar-refractivity contribution in [3.8, 4) is 0 Å². The summed E-state index contributed by atoms with van der Waals surface area (Å²) in [6, 6.07) is 26.2. The maximum absolute atomic E-state index is 12.5. The van der Waals surface area contributed by atoms with Gasteiger partial charge in [-0.1, -0.05) is 66.7 Å². The van der Waals surface area contributed by atoms with E-state index in [0.29, 0.717) is 5.56 Å².